The average molecular weight is 282 g/mol. The molecule has 1 saturated carbocycles. The van der Waals surface area contributed by atoms with Crippen molar-refractivity contribution in [1.82, 2.24) is 0 Å². The molecule has 2 aromatic rings. The highest BCUT2D eigenvalue weighted by Gasteiger charge is 2.46. The van der Waals surface area contributed by atoms with Crippen molar-refractivity contribution in [2.75, 3.05) is 7.11 Å². The number of hydrogen-bond acceptors (Lipinski definition) is 2. The minimum atomic E-state index is -0.724. The van der Waals surface area contributed by atoms with E-state index in [2.05, 4.69) is 0 Å². The van der Waals surface area contributed by atoms with Gasteiger partial charge in [-0.05, 0) is 36.1 Å². The molecule has 0 amide bonds. The van der Waals surface area contributed by atoms with Gasteiger partial charge in [0.15, 0.2) is 0 Å². The highest BCUT2D eigenvalue weighted by Crippen LogP contribution is 2.46. The van der Waals surface area contributed by atoms with E-state index in [9.17, 15) is 9.90 Å². The van der Waals surface area contributed by atoms with E-state index in [4.69, 9.17) is 4.74 Å². The lowest BCUT2D eigenvalue weighted by Crippen LogP contribution is -2.42. The maximum absolute atomic E-state index is 11.7. The summed E-state index contributed by atoms with van der Waals surface area (Å²) in [6, 6.07) is 15.7. The standard InChI is InChI=1S/C18H18O3/c1-21-16-9-8-14(18(17(19)20)10-5-11-18)12-15(16)13-6-3-2-4-7-13/h2-4,6-9,12H,5,10-11H2,1H3,(H,19,20). The molecule has 3 rings (SSSR count). The van der Waals surface area contributed by atoms with Gasteiger partial charge in [0.05, 0.1) is 12.5 Å². The molecule has 1 N–H and O–H groups in total. The van der Waals surface area contributed by atoms with Gasteiger partial charge < -0.3 is 9.84 Å². The number of methoxy groups -OCH3 is 1. The Kier molecular flexibility index (Phi) is 3.42. The zero-order valence-corrected chi connectivity index (χ0v) is 12.0. The van der Waals surface area contributed by atoms with Crippen LogP contribution in [0.2, 0.25) is 0 Å². The van der Waals surface area contributed by atoms with Crippen LogP contribution in [-0.2, 0) is 10.2 Å². The van der Waals surface area contributed by atoms with Crippen LogP contribution >= 0.6 is 0 Å². The number of carboxylic acid groups (broad SMARTS) is 1. The molecule has 0 radical (unpaired) electrons. The molecular weight excluding hydrogens is 264 g/mol. The molecule has 0 saturated heterocycles. The summed E-state index contributed by atoms with van der Waals surface area (Å²) < 4.78 is 5.43. The number of ether oxygens (including phenoxy) is 1. The zero-order valence-electron chi connectivity index (χ0n) is 12.0. The Bertz CT molecular complexity index is 657. The fraction of sp³-hybridized carbons (Fsp3) is 0.278. The molecule has 1 aliphatic rings. The lowest BCUT2D eigenvalue weighted by atomic mass is 9.64. The first kappa shape index (κ1) is 13.7. The van der Waals surface area contributed by atoms with Crippen molar-refractivity contribution in [3.05, 3.63) is 54.1 Å². The summed E-state index contributed by atoms with van der Waals surface area (Å²) in [5.41, 5.74) is 2.15. The van der Waals surface area contributed by atoms with E-state index in [1.807, 2.05) is 48.5 Å². The van der Waals surface area contributed by atoms with Crippen molar-refractivity contribution >= 4 is 5.97 Å². The summed E-state index contributed by atoms with van der Waals surface area (Å²) >= 11 is 0. The molecule has 0 heterocycles. The Morgan fingerprint density at radius 2 is 1.86 bits per heavy atom. The van der Waals surface area contributed by atoms with Crippen LogP contribution in [0, 0.1) is 0 Å². The summed E-state index contributed by atoms with van der Waals surface area (Å²) in [7, 11) is 1.64. The minimum Gasteiger partial charge on any atom is -0.496 e. The molecule has 1 fully saturated rings. The number of aliphatic carboxylic acids is 1. The van der Waals surface area contributed by atoms with Crippen LogP contribution in [0.15, 0.2) is 48.5 Å². The maximum atomic E-state index is 11.7. The van der Waals surface area contributed by atoms with E-state index >= 15 is 0 Å². The smallest absolute Gasteiger partial charge is 0.314 e. The predicted octanol–water partition coefficient (Wildman–Crippen LogP) is 3.87. The molecule has 0 bridgehead atoms. The quantitative estimate of drug-likeness (QED) is 0.926. The summed E-state index contributed by atoms with van der Waals surface area (Å²) in [5, 5.41) is 9.59. The van der Waals surface area contributed by atoms with Crippen molar-refractivity contribution in [3.8, 4) is 16.9 Å². The van der Waals surface area contributed by atoms with Crippen LogP contribution in [0.4, 0.5) is 0 Å². The Morgan fingerprint density at radius 1 is 1.14 bits per heavy atom. The van der Waals surface area contributed by atoms with Crippen molar-refractivity contribution in [3.63, 3.8) is 0 Å². The summed E-state index contributed by atoms with van der Waals surface area (Å²) in [5.74, 6) is 0.0442. The molecule has 0 aliphatic heterocycles. The third-order valence-electron chi connectivity index (χ3n) is 4.45. The molecule has 0 atom stereocenters. The average Bonchev–Trinajstić information content (AvgIpc) is 2.46. The third-order valence-corrected chi connectivity index (χ3v) is 4.45. The van der Waals surface area contributed by atoms with Crippen molar-refractivity contribution in [1.29, 1.82) is 0 Å². The van der Waals surface area contributed by atoms with E-state index in [1.54, 1.807) is 7.11 Å². The first-order valence-electron chi connectivity index (χ1n) is 7.15. The SMILES string of the molecule is COc1ccc(C2(C(=O)O)CCC2)cc1-c1ccccc1. The fourth-order valence-electron chi connectivity index (χ4n) is 3.01. The maximum Gasteiger partial charge on any atom is 0.314 e. The number of carbonyl (C=O) groups is 1. The van der Waals surface area contributed by atoms with Gasteiger partial charge in [-0.3, -0.25) is 4.79 Å². The molecule has 108 valence electrons. The monoisotopic (exact) mass is 282 g/mol. The van der Waals surface area contributed by atoms with E-state index in [-0.39, 0.29) is 0 Å². The minimum absolute atomic E-state index is 0.711. The van der Waals surface area contributed by atoms with Gasteiger partial charge in [-0.15, -0.1) is 0 Å². The topological polar surface area (TPSA) is 46.5 Å². The van der Waals surface area contributed by atoms with Gasteiger partial charge in [-0.25, -0.2) is 0 Å². The highest BCUT2D eigenvalue weighted by atomic mass is 16.5. The molecular formula is C18H18O3. The molecule has 21 heavy (non-hydrogen) atoms. The first-order valence-corrected chi connectivity index (χ1v) is 7.15. The second-order valence-corrected chi connectivity index (χ2v) is 5.52. The van der Waals surface area contributed by atoms with E-state index in [0.29, 0.717) is 12.8 Å². The highest BCUT2D eigenvalue weighted by molar-refractivity contribution is 5.84. The van der Waals surface area contributed by atoms with Gasteiger partial charge in [-0.1, -0.05) is 42.8 Å². The molecule has 2 aromatic carbocycles. The molecule has 3 heteroatoms. The Hall–Kier alpha value is -2.29. The van der Waals surface area contributed by atoms with Crippen molar-refractivity contribution < 1.29 is 14.6 Å². The van der Waals surface area contributed by atoms with E-state index in [0.717, 1.165) is 28.9 Å². The Morgan fingerprint density at radius 3 is 2.38 bits per heavy atom. The second-order valence-electron chi connectivity index (χ2n) is 5.52. The normalized spacial score (nSPS) is 16.0. The molecule has 0 unspecified atom stereocenters. The van der Waals surface area contributed by atoms with Gasteiger partial charge in [0, 0.05) is 5.56 Å². The van der Waals surface area contributed by atoms with Gasteiger partial charge in [-0.2, -0.15) is 0 Å². The number of carboxylic acids is 1. The fourth-order valence-corrected chi connectivity index (χ4v) is 3.01. The lowest BCUT2D eigenvalue weighted by Gasteiger charge is -2.38. The lowest BCUT2D eigenvalue weighted by molar-refractivity contribution is -0.147. The van der Waals surface area contributed by atoms with Crippen molar-refractivity contribution in [2.24, 2.45) is 0 Å². The number of benzene rings is 2. The molecule has 3 nitrogen and oxygen atoms in total. The van der Waals surface area contributed by atoms with Gasteiger partial charge in [0.1, 0.15) is 5.75 Å². The Labute approximate surface area is 124 Å². The third kappa shape index (κ3) is 2.19. The second kappa shape index (κ2) is 5.24. The molecule has 0 aromatic heterocycles. The van der Waals surface area contributed by atoms with Gasteiger partial charge >= 0.3 is 5.97 Å². The van der Waals surface area contributed by atoms with E-state index < -0.39 is 11.4 Å². The van der Waals surface area contributed by atoms with Gasteiger partial charge in [0.25, 0.3) is 0 Å². The van der Waals surface area contributed by atoms with Crippen LogP contribution < -0.4 is 4.74 Å². The number of hydrogen-bond donors (Lipinski definition) is 1. The first-order chi connectivity index (χ1) is 10.2. The Balaban J connectivity index is 2.12. The van der Waals surface area contributed by atoms with Crippen LogP contribution in [-0.4, -0.2) is 18.2 Å². The zero-order chi connectivity index (χ0) is 14.9. The summed E-state index contributed by atoms with van der Waals surface area (Å²) in [6.07, 6.45) is 2.39. The van der Waals surface area contributed by atoms with Crippen LogP contribution in [0.25, 0.3) is 11.1 Å². The van der Waals surface area contributed by atoms with Crippen LogP contribution in [0.1, 0.15) is 24.8 Å². The van der Waals surface area contributed by atoms with Gasteiger partial charge in [0.2, 0.25) is 0 Å². The predicted molar refractivity (Wildman–Crippen MR) is 81.6 cm³/mol. The number of rotatable bonds is 4. The summed E-state index contributed by atoms with van der Waals surface area (Å²) in [6.45, 7) is 0. The summed E-state index contributed by atoms with van der Waals surface area (Å²) in [4.78, 5) is 11.7. The largest absolute Gasteiger partial charge is 0.496 e. The van der Waals surface area contributed by atoms with Crippen LogP contribution in [0.5, 0.6) is 5.75 Å². The molecule has 1 aliphatic carbocycles. The van der Waals surface area contributed by atoms with E-state index in [1.165, 1.54) is 0 Å². The van der Waals surface area contributed by atoms with Crippen molar-refractivity contribution in [2.45, 2.75) is 24.7 Å². The van der Waals surface area contributed by atoms with Crippen LogP contribution in [0.3, 0.4) is 0 Å². The molecule has 0 spiro atoms.